The Balaban J connectivity index is 1.45. The first-order valence-corrected chi connectivity index (χ1v) is 10.7. The fourth-order valence-corrected chi connectivity index (χ4v) is 3.73. The first-order chi connectivity index (χ1) is 15.0. The van der Waals surface area contributed by atoms with E-state index in [2.05, 4.69) is 57.5 Å². The summed E-state index contributed by atoms with van der Waals surface area (Å²) >= 11 is 0. The highest BCUT2D eigenvalue weighted by atomic mass is 16.3. The summed E-state index contributed by atoms with van der Waals surface area (Å²) in [7, 11) is 0. The van der Waals surface area contributed by atoms with Gasteiger partial charge in [-0.2, -0.15) is 0 Å². The normalized spacial score (nSPS) is 15.5. The molecule has 1 aliphatic rings. The lowest BCUT2D eigenvalue weighted by atomic mass is 9.95. The lowest BCUT2D eigenvalue weighted by molar-refractivity contribution is 0.0436. The van der Waals surface area contributed by atoms with E-state index >= 15 is 0 Å². The van der Waals surface area contributed by atoms with Crippen LogP contribution in [0.1, 0.15) is 34.8 Å². The molecule has 0 unspecified atom stereocenters. The average molecular weight is 425 g/mol. The topological polar surface area (TPSA) is 81.8 Å². The smallest absolute Gasteiger partial charge is 0.273 e. The number of aliphatic hydroxyl groups is 1. The highest BCUT2D eigenvalue weighted by Crippen LogP contribution is 2.16. The van der Waals surface area contributed by atoms with Gasteiger partial charge >= 0.3 is 0 Å². The minimum atomic E-state index is -1.09. The lowest BCUT2D eigenvalue weighted by Crippen LogP contribution is -2.45. The van der Waals surface area contributed by atoms with Gasteiger partial charge in [0, 0.05) is 39.3 Å². The van der Waals surface area contributed by atoms with Crippen LogP contribution in [0.2, 0.25) is 0 Å². The molecule has 1 fully saturated rings. The monoisotopic (exact) mass is 424 g/mol. The first-order valence-electron chi connectivity index (χ1n) is 10.7. The summed E-state index contributed by atoms with van der Waals surface area (Å²) in [5.74, 6) is 0.156. The number of oxazole rings is 1. The predicted molar refractivity (Wildman–Crippen MR) is 120 cm³/mol. The molecule has 2 aromatic rings. The van der Waals surface area contributed by atoms with Crippen LogP contribution in [0.3, 0.4) is 0 Å². The van der Waals surface area contributed by atoms with Crippen LogP contribution in [0.25, 0.3) is 0 Å². The van der Waals surface area contributed by atoms with E-state index in [-0.39, 0.29) is 18.1 Å². The van der Waals surface area contributed by atoms with E-state index in [4.69, 9.17) is 4.42 Å². The molecule has 1 aromatic heterocycles. The van der Waals surface area contributed by atoms with E-state index in [9.17, 15) is 9.90 Å². The van der Waals surface area contributed by atoms with Crippen molar-refractivity contribution < 1.29 is 14.3 Å². The number of rotatable bonds is 11. The van der Waals surface area contributed by atoms with E-state index in [0.29, 0.717) is 25.3 Å². The van der Waals surface area contributed by atoms with Gasteiger partial charge in [0.25, 0.3) is 5.91 Å². The second kappa shape index (κ2) is 11.0. The van der Waals surface area contributed by atoms with Gasteiger partial charge in [0.05, 0.1) is 12.1 Å². The molecule has 0 saturated carbocycles. The molecule has 166 valence electrons. The molecule has 1 saturated heterocycles. The molecular weight excluding hydrogens is 392 g/mol. The van der Waals surface area contributed by atoms with Gasteiger partial charge in [-0.1, -0.05) is 42.5 Å². The van der Waals surface area contributed by atoms with Crippen LogP contribution in [0.4, 0.5) is 0 Å². The molecule has 3 rings (SSSR count). The van der Waals surface area contributed by atoms with Crippen LogP contribution in [0, 0.1) is 0 Å². The standard InChI is InChI=1S/C24H32N4O3/c1-3-10-24(30,11-4-2)19-25-23(29)21-18-31-22(26-21)17-28-14-12-27(13-15-28)16-20-8-6-5-7-9-20/h3-9,18,30H,1-2,10-17,19H2,(H,25,29). The molecule has 1 aromatic carbocycles. The number of benzene rings is 1. The molecule has 7 heteroatoms. The Morgan fingerprint density at radius 3 is 2.32 bits per heavy atom. The molecule has 2 N–H and O–H groups in total. The SMILES string of the molecule is C=CCC(O)(CC=C)CNC(=O)c1coc(CN2CCN(Cc3ccccc3)CC2)n1. The van der Waals surface area contributed by atoms with E-state index in [1.54, 1.807) is 12.2 Å². The van der Waals surface area contributed by atoms with Gasteiger partial charge in [0.1, 0.15) is 6.26 Å². The molecule has 7 nitrogen and oxygen atoms in total. The number of nitrogens with one attached hydrogen (secondary N) is 1. The number of hydrogen-bond donors (Lipinski definition) is 2. The first kappa shape index (κ1) is 22.9. The van der Waals surface area contributed by atoms with Gasteiger partial charge in [-0.25, -0.2) is 4.98 Å². The van der Waals surface area contributed by atoms with Crippen molar-refractivity contribution in [1.82, 2.24) is 20.1 Å². The van der Waals surface area contributed by atoms with Crippen molar-refractivity contribution in [2.75, 3.05) is 32.7 Å². The number of piperazine rings is 1. The maximum atomic E-state index is 12.4. The van der Waals surface area contributed by atoms with Gasteiger partial charge in [0.15, 0.2) is 5.69 Å². The van der Waals surface area contributed by atoms with Crippen LogP contribution < -0.4 is 5.32 Å². The molecule has 0 radical (unpaired) electrons. The van der Waals surface area contributed by atoms with Gasteiger partial charge in [-0.05, 0) is 18.4 Å². The molecule has 1 amide bonds. The summed E-state index contributed by atoms with van der Waals surface area (Å²) in [4.78, 5) is 21.5. The van der Waals surface area contributed by atoms with E-state index < -0.39 is 5.60 Å². The van der Waals surface area contributed by atoms with Crippen LogP contribution in [-0.4, -0.2) is 64.1 Å². The van der Waals surface area contributed by atoms with Gasteiger partial charge in [-0.15, -0.1) is 13.2 Å². The van der Waals surface area contributed by atoms with Gasteiger partial charge in [0.2, 0.25) is 5.89 Å². The Hall–Kier alpha value is -2.74. The van der Waals surface area contributed by atoms with E-state index in [0.717, 1.165) is 32.7 Å². The maximum Gasteiger partial charge on any atom is 0.273 e. The Kier molecular flexibility index (Phi) is 8.17. The number of carbonyl (C=O) groups is 1. The number of aromatic nitrogens is 1. The Morgan fingerprint density at radius 2 is 1.71 bits per heavy atom. The summed E-state index contributed by atoms with van der Waals surface area (Å²) < 4.78 is 5.52. The van der Waals surface area contributed by atoms with Crippen molar-refractivity contribution in [2.45, 2.75) is 31.5 Å². The molecule has 1 aliphatic heterocycles. The predicted octanol–water partition coefficient (Wildman–Crippen LogP) is 2.61. The second-order valence-corrected chi connectivity index (χ2v) is 8.06. The van der Waals surface area contributed by atoms with Gasteiger partial charge < -0.3 is 14.8 Å². The zero-order valence-corrected chi connectivity index (χ0v) is 18.0. The summed E-state index contributed by atoms with van der Waals surface area (Å²) in [5, 5.41) is 13.3. The number of carbonyl (C=O) groups excluding carboxylic acids is 1. The van der Waals surface area contributed by atoms with Crippen molar-refractivity contribution in [3.63, 3.8) is 0 Å². The zero-order valence-electron chi connectivity index (χ0n) is 18.0. The molecule has 31 heavy (non-hydrogen) atoms. The van der Waals surface area contributed by atoms with Crippen molar-refractivity contribution in [3.8, 4) is 0 Å². The third-order valence-corrected chi connectivity index (χ3v) is 5.48. The summed E-state index contributed by atoms with van der Waals surface area (Å²) in [6.45, 7) is 12.7. The molecule has 0 bridgehead atoms. The van der Waals surface area contributed by atoms with Crippen LogP contribution in [0.5, 0.6) is 0 Å². The molecule has 2 heterocycles. The van der Waals surface area contributed by atoms with Crippen molar-refractivity contribution in [2.24, 2.45) is 0 Å². The van der Waals surface area contributed by atoms with Crippen molar-refractivity contribution in [3.05, 3.63) is 79.1 Å². The van der Waals surface area contributed by atoms with Gasteiger partial charge in [-0.3, -0.25) is 14.6 Å². The third-order valence-electron chi connectivity index (χ3n) is 5.48. The fraction of sp³-hybridized carbons (Fsp3) is 0.417. The Morgan fingerprint density at radius 1 is 1.10 bits per heavy atom. The highest BCUT2D eigenvalue weighted by molar-refractivity contribution is 5.91. The fourth-order valence-electron chi connectivity index (χ4n) is 3.73. The number of amides is 1. The third kappa shape index (κ3) is 6.89. The van der Waals surface area contributed by atoms with Crippen LogP contribution >= 0.6 is 0 Å². The Bertz CT molecular complexity index is 847. The molecular formula is C24H32N4O3. The quantitative estimate of drug-likeness (QED) is 0.540. The van der Waals surface area contributed by atoms with Crippen molar-refractivity contribution >= 4 is 5.91 Å². The van der Waals surface area contributed by atoms with Crippen LogP contribution in [-0.2, 0) is 13.1 Å². The Labute approximate surface area is 184 Å². The second-order valence-electron chi connectivity index (χ2n) is 8.06. The average Bonchev–Trinajstić information content (AvgIpc) is 3.23. The van der Waals surface area contributed by atoms with E-state index in [1.165, 1.54) is 11.8 Å². The summed E-state index contributed by atoms with van der Waals surface area (Å²) in [6, 6.07) is 10.5. The molecule has 0 aliphatic carbocycles. The van der Waals surface area contributed by atoms with Crippen molar-refractivity contribution in [1.29, 1.82) is 0 Å². The number of hydrogen-bond acceptors (Lipinski definition) is 6. The lowest BCUT2D eigenvalue weighted by Gasteiger charge is -2.34. The molecule has 0 atom stereocenters. The minimum absolute atomic E-state index is 0.0927. The highest BCUT2D eigenvalue weighted by Gasteiger charge is 2.26. The zero-order chi connectivity index (χ0) is 22.1. The largest absolute Gasteiger partial charge is 0.447 e. The van der Waals surface area contributed by atoms with E-state index in [1.807, 2.05) is 6.07 Å². The number of nitrogens with zero attached hydrogens (tertiary/aromatic N) is 3. The molecule has 0 spiro atoms. The maximum absolute atomic E-state index is 12.4. The summed E-state index contributed by atoms with van der Waals surface area (Å²) in [5.41, 5.74) is 0.454. The summed E-state index contributed by atoms with van der Waals surface area (Å²) in [6.07, 6.45) is 5.35. The van der Waals surface area contributed by atoms with Crippen LogP contribution in [0.15, 0.2) is 66.3 Å². The minimum Gasteiger partial charge on any atom is -0.447 e.